The molecule has 0 aliphatic heterocycles. The second-order valence-corrected chi connectivity index (χ2v) is 5.23. The Labute approximate surface area is 113 Å². The maximum absolute atomic E-state index is 10.7. The standard InChI is InChI=1S/C14H21N3O2/c1-2-10-5-3-4-6-13(10)16-14-8-7-11(17(18)19)9-12(14)15/h7-10,13,16H,2-6,15H2,1H3. The molecular weight excluding hydrogens is 242 g/mol. The lowest BCUT2D eigenvalue weighted by atomic mass is 9.83. The van der Waals surface area contributed by atoms with Gasteiger partial charge in [0.25, 0.3) is 5.69 Å². The number of nitrogens with zero attached hydrogens (tertiary/aromatic N) is 1. The van der Waals surface area contributed by atoms with Crippen molar-refractivity contribution in [2.24, 2.45) is 5.92 Å². The fourth-order valence-electron chi connectivity index (χ4n) is 2.88. The Morgan fingerprint density at radius 3 is 2.79 bits per heavy atom. The van der Waals surface area contributed by atoms with Gasteiger partial charge in [-0.05, 0) is 24.8 Å². The fourth-order valence-corrected chi connectivity index (χ4v) is 2.88. The van der Waals surface area contributed by atoms with Gasteiger partial charge in [0.1, 0.15) is 0 Å². The van der Waals surface area contributed by atoms with E-state index in [1.54, 1.807) is 6.07 Å². The first-order valence-corrected chi connectivity index (χ1v) is 6.92. The zero-order chi connectivity index (χ0) is 13.8. The molecule has 104 valence electrons. The van der Waals surface area contributed by atoms with Gasteiger partial charge in [-0.15, -0.1) is 0 Å². The molecule has 0 bridgehead atoms. The topological polar surface area (TPSA) is 81.2 Å². The first kappa shape index (κ1) is 13.6. The zero-order valence-corrected chi connectivity index (χ0v) is 11.3. The molecule has 5 nitrogen and oxygen atoms in total. The molecule has 3 N–H and O–H groups in total. The minimum absolute atomic E-state index is 0.0405. The van der Waals surface area contributed by atoms with Gasteiger partial charge < -0.3 is 11.1 Å². The molecule has 0 amide bonds. The first-order valence-electron chi connectivity index (χ1n) is 6.92. The highest BCUT2D eigenvalue weighted by Gasteiger charge is 2.24. The first-order chi connectivity index (χ1) is 9.11. The van der Waals surface area contributed by atoms with Gasteiger partial charge >= 0.3 is 0 Å². The van der Waals surface area contributed by atoms with Crippen LogP contribution >= 0.6 is 0 Å². The van der Waals surface area contributed by atoms with Crippen molar-refractivity contribution in [1.29, 1.82) is 0 Å². The highest BCUT2D eigenvalue weighted by Crippen LogP contribution is 2.32. The Hall–Kier alpha value is -1.78. The number of nitrogen functional groups attached to an aromatic ring is 1. The summed E-state index contributed by atoms with van der Waals surface area (Å²) in [6.07, 6.45) is 6.09. The highest BCUT2D eigenvalue weighted by atomic mass is 16.6. The van der Waals surface area contributed by atoms with Crippen molar-refractivity contribution in [2.75, 3.05) is 11.1 Å². The van der Waals surface area contributed by atoms with Gasteiger partial charge in [-0.3, -0.25) is 10.1 Å². The van der Waals surface area contributed by atoms with E-state index in [-0.39, 0.29) is 5.69 Å². The summed E-state index contributed by atoms with van der Waals surface area (Å²) in [5, 5.41) is 14.2. The smallest absolute Gasteiger partial charge is 0.271 e. The number of benzene rings is 1. The fraction of sp³-hybridized carbons (Fsp3) is 0.571. The van der Waals surface area contributed by atoms with Crippen molar-refractivity contribution in [3.63, 3.8) is 0 Å². The number of nitro groups is 1. The van der Waals surface area contributed by atoms with E-state index < -0.39 is 4.92 Å². The van der Waals surface area contributed by atoms with Crippen molar-refractivity contribution in [1.82, 2.24) is 0 Å². The quantitative estimate of drug-likeness (QED) is 0.494. The molecule has 1 aliphatic rings. The zero-order valence-electron chi connectivity index (χ0n) is 11.3. The summed E-state index contributed by atoms with van der Waals surface area (Å²) in [6, 6.07) is 5.08. The molecule has 1 aromatic carbocycles. The van der Waals surface area contributed by atoms with E-state index in [4.69, 9.17) is 5.73 Å². The number of anilines is 2. The summed E-state index contributed by atoms with van der Waals surface area (Å²) in [6.45, 7) is 2.21. The molecule has 5 heteroatoms. The van der Waals surface area contributed by atoms with Crippen LogP contribution in [0.2, 0.25) is 0 Å². The predicted octanol–water partition coefficient (Wildman–Crippen LogP) is 3.56. The molecule has 1 saturated carbocycles. The van der Waals surface area contributed by atoms with Crippen LogP contribution < -0.4 is 11.1 Å². The van der Waals surface area contributed by atoms with E-state index in [2.05, 4.69) is 12.2 Å². The Morgan fingerprint density at radius 1 is 1.42 bits per heavy atom. The SMILES string of the molecule is CCC1CCCCC1Nc1ccc([N+](=O)[O-])cc1N. The van der Waals surface area contributed by atoms with Crippen molar-refractivity contribution in [3.8, 4) is 0 Å². The van der Waals surface area contributed by atoms with Crippen LogP contribution in [0.25, 0.3) is 0 Å². The molecule has 0 heterocycles. The van der Waals surface area contributed by atoms with Crippen molar-refractivity contribution in [3.05, 3.63) is 28.3 Å². The van der Waals surface area contributed by atoms with Crippen LogP contribution in [0.5, 0.6) is 0 Å². The van der Waals surface area contributed by atoms with Gasteiger partial charge in [-0.2, -0.15) is 0 Å². The Kier molecular flexibility index (Phi) is 4.24. The Bertz CT molecular complexity index is 462. The van der Waals surface area contributed by atoms with Gasteiger partial charge in [-0.1, -0.05) is 26.2 Å². The van der Waals surface area contributed by atoms with Crippen molar-refractivity contribution in [2.45, 2.75) is 45.1 Å². The molecular formula is C14H21N3O2. The van der Waals surface area contributed by atoms with Gasteiger partial charge in [0, 0.05) is 18.2 Å². The number of rotatable bonds is 4. The van der Waals surface area contributed by atoms with Crippen LogP contribution in [-0.2, 0) is 0 Å². The van der Waals surface area contributed by atoms with E-state index in [1.807, 2.05) is 0 Å². The van der Waals surface area contributed by atoms with Gasteiger partial charge in [0.2, 0.25) is 0 Å². The lowest BCUT2D eigenvalue weighted by Crippen LogP contribution is -2.32. The Morgan fingerprint density at radius 2 is 2.16 bits per heavy atom. The molecule has 2 unspecified atom stereocenters. The molecule has 2 atom stereocenters. The maximum Gasteiger partial charge on any atom is 0.271 e. The molecule has 0 saturated heterocycles. The largest absolute Gasteiger partial charge is 0.397 e. The van der Waals surface area contributed by atoms with E-state index in [0.717, 1.165) is 18.5 Å². The molecule has 1 aliphatic carbocycles. The average molecular weight is 263 g/mol. The summed E-state index contributed by atoms with van der Waals surface area (Å²) in [5.74, 6) is 0.670. The van der Waals surface area contributed by atoms with Gasteiger partial charge in [-0.25, -0.2) is 0 Å². The Balaban J connectivity index is 2.11. The van der Waals surface area contributed by atoms with Gasteiger partial charge in [0.05, 0.1) is 16.3 Å². The summed E-state index contributed by atoms with van der Waals surface area (Å²) in [4.78, 5) is 10.3. The van der Waals surface area contributed by atoms with Gasteiger partial charge in [0.15, 0.2) is 0 Å². The molecule has 0 spiro atoms. The average Bonchev–Trinajstić information content (AvgIpc) is 2.41. The molecule has 0 radical (unpaired) electrons. The molecule has 2 rings (SSSR count). The number of non-ortho nitro benzene ring substituents is 1. The minimum Gasteiger partial charge on any atom is -0.397 e. The van der Waals surface area contributed by atoms with Crippen LogP contribution in [0.15, 0.2) is 18.2 Å². The predicted molar refractivity (Wildman–Crippen MR) is 77.2 cm³/mol. The van der Waals surface area contributed by atoms with E-state index >= 15 is 0 Å². The maximum atomic E-state index is 10.7. The van der Waals surface area contributed by atoms with E-state index in [1.165, 1.54) is 31.4 Å². The van der Waals surface area contributed by atoms with Crippen LogP contribution in [0, 0.1) is 16.0 Å². The van der Waals surface area contributed by atoms with E-state index in [0.29, 0.717) is 17.6 Å². The number of hydrogen-bond donors (Lipinski definition) is 2. The summed E-state index contributed by atoms with van der Waals surface area (Å²) >= 11 is 0. The summed E-state index contributed by atoms with van der Waals surface area (Å²) < 4.78 is 0. The summed E-state index contributed by atoms with van der Waals surface area (Å²) in [5.41, 5.74) is 7.21. The third-order valence-corrected chi connectivity index (χ3v) is 4.02. The second kappa shape index (κ2) is 5.91. The lowest BCUT2D eigenvalue weighted by Gasteiger charge is -2.32. The number of hydrogen-bond acceptors (Lipinski definition) is 4. The van der Waals surface area contributed by atoms with Crippen LogP contribution in [0.4, 0.5) is 17.1 Å². The molecule has 0 aromatic heterocycles. The minimum atomic E-state index is -0.421. The third kappa shape index (κ3) is 3.16. The van der Waals surface area contributed by atoms with Crippen LogP contribution in [0.3, 0.4) is 0 Å². The lowest BCUT2D eigenvalue weighted by molar-refractivity contribution is -0.384. The van der Waals surface area contributed by atoms with Crippen molar-refractivity contribution < 1.29 is 4.92 Å². The molecule has 1 fully saturated rings. The van der Waals surface area contributed by atoms with E-state index in [9.17, 15) is 10.1 Å². The summed E-state index contributed by atoms with van der Waals surface area (Å²) in [7, 11) is 0. The number of nitrogens with one attached hydrogen (secondary N) is 1. The second-order valence-electron chi connectivity index (χ2n) is 5.23. The monoisotopic (exact) mass is 263 g/mol. The number of nitro benzene ring substituents is 1. The van der Waals surface area contributed by atoms with Crippen molar-refractivity contribution >= 4 is 17.1 Å². The molecule has 19 heavy (non-hydrogen) atoms. The molecule has 1 aromatic rings. The normalized spacial score (nSPS) is 23.0. The third-order valence-electron chi connectivity index (χ3n) is 4.02. The van der Waals surface area contributed by atoms with Crippen LogP contribution in [-0.4, -0.2) is 11.0 Å². The van der Waals surface area contributed by atoms with Crippen LogP contribution in [0.1, 0.15) is 39.0 Å². The highest BCUT2D eigenvalue weighted by molar-refractivity contribution is 5.69. The number of nitrogens with two attached hydrogens (primary N) is 1.